The Morgan fingerprint density at radius 3 is 2.94 bits per heavy atom. The first-order valence-electron chi connectivity index (χ1n) is 6.02. The number of pyridine rings is 1. The number of hydrogen-bond acceptors (Lipinski definition) is 4. The molecule has 1 unspecified atom stereocenters. The number of fused-ring (bicyclic) bond motifs is 1. The minimum absolute atomic E-state index is 0.417. The highest BCUT2D eigenvalue weighted by Crippen LogP contribution is 2.32. The maximum Gasteiger partial charge on any atom is 0.416 e. The molecule has 1 amide bonds. The summed E-state index contributed by atoms with van der Waals surface area (Å²) >= 11 is 0. The van der Waals surface area contributed by atoms with E-state index >= 15 is 0 Å². The van der Waals surface area contributed by atoms with Crippen LogP contribution < -0.4 is 4.90 Å². The number of amides is 1. The van der Waals surface area contributed by atoms with Crippen molar-refractivity contribution >= 4 is 11.9 Å². The zero-order chi connectivity index (χ0) is 13.3. The van der Waals surface area contributed by atoms with Gasteiger partial charge in [0.2, 0.25) is 0 Å². The highest BCUT2D eigenvalue weighted by molar-refractivity contribution is 5.88. The van der Waals surface area contributed by atoms with Crippen LogP contribution in [0.15, 0.2) is 18.3 Å². The van der Waals surface area contributed by atoms with Crippen LogP contribution in [0.2, 0.25) is 0 Å². The third-order valence-electron chi connectivity index (χ3n) is 2.67. The van der Waals surface area contributed by atoms with Gasteiger partial charge in [-0.2, -0.15) is 0 Å². The van der Waals surface area contributed by atoms with Gasteiger partial charge in [0.25, 0.3) is 0 Å². The molecule has 2 rings (SSSR count). The summed E-state index contributed by atoms with van der Waals surface area (Å²) in [6.07, 6.45) is 1.12. The van der Waals surface area contributed by atoms with Gasteiger partial charge < -0.3 is 9.84 Å². The molecule has 0 saturated heterocycles. The summed E-state index contributed by atoms with van der Waals surface area (Å²) in [5, 5.41) is 9.87. The van der Waals surface area contributed by atoms with Gasteiger partial charge in [0.15, 0.2) is 0 Å². The van der Waals surface area contributed by atoms with Crippen molar-refractivity contribution in [3.05, 3.63) is 23.9 Å². The van der Waals surface area contributed by atoms with Crippen LogP contribution in [0.5, 0.6) is 0 Å². The Labute approximate surface area is 106 Å². The maximum absolute atomic E-state index is 12.1. The van der Waals surface area contributed by atoms with E-state index in [0.717, 1.165) is 0 Å². The highest BCUT2D eigenvalue weighted by atomic mass is 16.6. The normalized spacial score (nSPS) is 19.3. The largest absolute Gasteiger partial charge is 0.443 e. The summed E-state index contributed by atoms with van der Waals surface area (Å²) < 4.78 is 5.33. The number of carbonyl (C=O) groups is 1. The summed E-state index contributed by atoms with van der Waals surface area (Å²) in [7, 11) is 0. The first-order chi connectivity index (χ1) is 8.38. The maximum atomic E-state index is 12.1. The SMILES string of the molecule is CC(C)(C)OC(=O)N1CCC(O)c2cccnc21. The average molecular weight is 250 g/mol. The lowest BCUT2D eigenvalue weighted by atomic mass is 10.0. The molecule has 2 heterocycles. The predicted octanol–water partition coefficient (Wildman–Crippen LogP) is 2.26. The van der Waals surface area contributed by atoms with Gasteiger partial charge in [0.1, 0.15) is 11.4 Å². The molecule has 0 fully saturated rings. The van der Waals surface area contributed by atoms with E-state index in [2.05, 4.69) is 4.98 Å². The highest BCUT2D eigenvalue weighted by Gasteiger charge is 2.31. The van der Waals surface area contributed by atoms with E-state index in [9.17, 15) is 9.90 Å². The molecule has 98 valence electrons. The number of anilines is 1. The van der Waals surface area contributed by atoms with Gasteiger partial charge in [-0.3, -0.25) is 4.90 Å². The second-order valence-electron chi connectivity index (χ2n) is 5.35. The molecule has 1 N–H and O–H groups in total. The molecular weight excluding hydrogens is 232 g/mol. The number of aliphatic hydroxyl groups is 1. The molecule has 1 aliphatic heterocycles. The summed E-state index contributed by atoms with van der Waals surface area (Å²) in [6, 6.07) is 3.53. The fourth-order valence-corrected chi connectivity index (χ4v) is 1.90. The lowest BCUT2D eigenvalue weighted by Gasteiger charge is -2.32. The van der Waals surface area contributed by atoms with Crippen LogP contribution in [0.3, 0.4) is 0 Å². The molecule has 1 aromatic rings. The summed E-state index contributed by atoms with van der Waals surface area (Å²) in [4.78, 5) is 17.7. The minimum atomic E-state index is -0.563. The number of nitrogens with zero attached hydrogens (tertiary/aromatic N) is 2. The summed E-state index contributed by atoms with van der Waals surface area (Å²) in [6.45, 7) is 5.88. The predicted molar refractivity (Wildman–Crippen MR) is 67.4 cm³/mol. The van der Waals surface area contributed by atoms with Crippen molar-refractivity contribution in [3.8, 4) is 0 Å². The molecule has 0 saturated carbocycles. The van der Waals surface area contributed by atoms with E-state index in [1.807, 2.05) is 20.8 Å². The van der Waals surface area contributed by atoms with Crippen molar-refractivity contribution in [2.75, 3.05) is 11.4 Å². The fourth-order valence-electron chi connectivity index (χ4n) is 1.90. The van der Waals surface area contributed by atoms with Crippen molar-refractivity contribution in [1.29, 1.82) is 0 Å². The average Bonchev–Trinajstić information content (AvgIpc) is 2.27. The lowest BCUT2D eigenvalue weighted by Crippen LogP contribution is -2.41. The number of ether oxygens (including phenoxy) is 1. The zero-order valence-electron chi connectivity index (χ0n) is 10.9. The van der Waals surface area contributed by atoms with Crippen molar-refractivity contribution in [1.82, 2.24) is 4.98 Å². The molecule has 1 aromatic heterocycles. The number of rotatable bonds is 0. The first kappa shape index (κ1) is 12.8. The van der Waals surface area contributed by atoms with Crippen LogP contribution in [-0.2, 0) is 4.74 Å². The Kier molecular flexibility index (Phi) is 3.26. The Hall–Kier alpha value is -1.62. The molecular formula is C13H18N2O3. The molecule has 5 nitrogen and oxygen atoms in total. The Morgan fingerprint density at radius 2 is 2.28 bits per heavy atom. The quantitative estimate of drug-likeness (QED) is 0.767. The van der Waals surface area contributed by atoms with Crippen LogP contribution in [0, 0.1) is 0 Å². The van der Waals surface area contributed by atoms with Crippen LogP contribution in [0.25, 0.3) is 0 Å². The van der Waals surface area contributed by atoms with Crippen molar-refractivity contribution in [2.45, 2.75) is 38.9 Å². The molecule has 0 radical (unpaired) electrons. The van der Waals surface area contributed by atoms with Gasteiger partial charge in [0, 0.05) is 18.3 Å². The Morgan fingerprint density at radius 1 is 1.56 bits per heavy atom. The van der Waals surface area contributed by atoms with E-state index in [0.29, 0.717) is 24.3 Å². The number of aromatic nitrogens is 1. The summed E-state index contributed by atoms with van der Waals surface area (Å²) in [5.74, 6) is 0.491. The van der Waals surface area contributed by atoms with Crippen molar-refractivity contribution < 1.29 is 14.6 Å². The van der Waals surface area contributed by atoms with Crippen LogP contribution in [0.1, 0.15) is 38.9 Å². The third-order valence-corrected chi connectivity index (χ3v) is 2.67. The van der Waals surface area contributed by atoms with Crippen molar-refractivity contribution in [3.63, 3.8) is 0 Å². The lowest BCUT2D eigenvalue weighted by molar-refractivity contribution is 0.0563. The Bertz CT molecular complexity index is 454. The monoisotopic (exact) mass is 250 g/mol. The molecule has 0 aliphatic carbocycles. The fraction of sp³-hybridized carbons (Fsp3) is 0.538. The van der Waals surface area contributed by atoms with Gasteiger partial charge in [-0.25, -0.2) is 9.78 Å². The van der Waals surface area contributed by atoms with Crippen LogP contribution in [0.4, 0.5) is 10.6 Å². The first-order valence-corrected chi connectivity index (χ1v) is 6.02. The van der Waals surface area contributed by atoms with Gasteiger partial charge in [-0.05, 0) is 33.3 Å². The van der Waals surface area contributed by atoms with E-state index in [1.165, 1.54) is 4.90 Å². The van der Waals surface area contributed by atoms with Crippen LogP contribution >= 0.6 is 0 Å². The third kappa shape index (κ3) is 2.61. The number of hydrogen-bond donors (Lipinski definition) is 1. The molecule has 1 aliphatic rings. The van der Waals surface area contributed by atoms with Gasteiger partial charge in [-0.15, -0.1) is 0 Å². The molecule has 0 bridgehead atoms. The second-order valence-corrected chi connectivity index (χ2v) is 5.35. The smallest absolute Gasteiger partial charge is 0.416 e. The van der Waals surface area contributed by atoms with Gasteiger partial charge in [0.05, 0.1) is 6.10 Å². The van der Waals surface area contributed by atoms with E-state index < -0.39 is 17.8 Å². The molecule has 0 aromatic carbocycles. The topological polar surface area (TPSA) is 62.7 Å². The second kappa shape index (κ2) is 4.57. The standard InChI is InChI=1S/C13H18N2O3/c1-13(2,3)18-12(17)15-8-6-10(16)9-5-4-7-14-11(9)15/h4-5,7,10,16H,6,8H2,1-3H3. The molecule has 5 heteroatoms. The summed E-state index contributed by atoms with van der Waals surface area (Å²) in [5.41, 5.74) is 0.136. The zero-order valence-corrected chi connectivity index (χ0v) is 10.9. The van der Waals surface area contributed by atoms with Gasteiger partial charge in [-0.1, -0.05) is 6.07 Å². The van der Waals surface area contributed by atoms with Crippen LogP contribution in [-0.4, -0.2) is 28.3 Å². The molecule has 1 atom stereocenters. The number of carbonyl (C=O) groups excluding carboxylic acids is 1. The van der Waals surface area contributed by atoms with E-state index in [1.54, 1.807) is 18.3 Å². The number of aliphatic hydroxyl groups excluding tert-OH is 1. The minimum Gasteiger partial charge on any atom is -0.443 e. The Balaban J connectivity index is 2.26. The van der Waals surface area contributed by atoms with Gasteiger partial charge >= 0.3 is 6.09 Å². The molecule has 18 heavy (non-hydrogen) atoms. The van der Waals surface area contributed by atoms with E-state index in [-0.39, 0.29) is 0 Å². The van der Waals surface area contributed by atoms with E-state index in [4.69, 9.17) is 4.74 Å². The van der Waals surface area contributed by atoms with Crippen molar-refractivity contribution in [2.24, 2.45) is 0 Å². The molecule has 0 spiro atoms.